The minimum atomic E-state index is -3.38. The molecule has 96 valence electrons. The minimum Gasteiger partial charge on any atom is -0.398 e. The van der Waals surface area contributed by atoms with Gasteiger partial charge in [0.1, 0.15) is 0 Å². The van der Waals surface area contributed by atoms with Gasteiger partial charge in [-0.2, -0.15) is 0 Å². The minimum absolute atomic E-state index is 0.0604. The number of rotatable bonds is 6. The Morgan fingerprint density at radius 1 is 1.41 bits per heavy atom. The highest BCUT2D eigenvalue weighted by Gasteiger charge is 2.12. The standard InChI is InChI=1S/C11H18N2O3S/c1-3-16-7-8-17(14,15)13-11-6-4-5-10(12)9(11)2/h4-6,13H,3,7-8,12H2,1-2H3. The molecule has 0 saturated heterocycles. The van der Waals surface area contributed by atoms with Gasteiger partial charge in [0.15, 0.2) is 0 Å². The van der Waals surface area contributed by atoms with Gasteiger partial charge in [0.25, 0.3) is 0 Å². The molecule has 0 aromatic heterocycles. The molecule has 0 atom stereocenters. The first-order valence-corrected chi connectivity index (χ1v) is 7.05. The molecule has 5 nitrogen and oxygen atoms in total. The van der Waals surface area contributed by atoms with Gasteiger partial charge in [0.05, 0.1) is 18.0 Å². The number of nitrogens with two attached hydrogens (primary N) is 1. The molecule has 0 bridgehead atoms. The Kier molecular flexibility index (Phi) is 4.77. The Bertz CT molecular complexity index is 472. The first-order valence-electron chi connectivity index (χ1n) is 5.39. The Balaban J connectivity index is 2.73. The van der Waals surface area contributed by atoms with Gasteiger partial charge in [-0.1, -0.05) is 6.07 Å². The average molecular weight is 258 g/mol. The number of nitrogens with one attached hydrogen (secondary N) is 1. The van der Waals surface area contributed by atoms with E-state index in [0.717, 1.165) is 5.56 Å². The molecule has 1 rings (SSSR count). The van der Waals surface area contributed by atoms with Crippen LogP contribution in [0.4, 0.5) is 11.4 Å². The molecule has 3 N–H and O–H groups in total. The normalized spacial score (nSPS) is 11.4. The maximum Gasteiger partial charge on any atom is 0.235 e. The molecule has 17 heavy (non-hydrogen) atoms. The van der Waals surface area contributed by atoms with Crippen LogP contribution in [0.5, 0.6) is 0 Å². The molecule has 0 amide bonds. The number of nitrogen functional groups attached to an aromatic ring is 1. The second kappa shape index (κ2) is 5.88. The van der Waals surface area contributed by atoms with Gasteiger partial charge in [-0.3, -0.25) is 4.72 Å². The Hall–Kier alpha value is -1.27. The summed E-state index contributed by atoms with van der Waals surface area (Å²) in [4.78, 5) is 0. The van der Waals surface area contributed by atoms with E-state index in [1.807, 2.05) is 6.92 Å². The van der Waals surface area contributed by atoms with E-state index in [1.165, 1.54) is 0 Å². The zero-order valence-corrected chi connectivity index (χ0v) is 10.9. The lowest BCUT2D eigenvalue weighted by molar-refractivity contribution is 0.163. The van der Waals surface area contributed by atoms with Crippen LogP contribution < -0.4 is 10.5 Å². The summed E-state index contributed by atoms with van der Waals surface area (Å²) in [5.41, 5.74) is 7.51. The summed E-state index contributed by atoms with van der Waals surface area (Å²) < 4.78 is 30.9. The van der Waals surface area contributed by atoms with Crippen LogP contribution in [-0.4, -0.2) is 27.4 Å². The van der Waals surface area contributed by atoms with Gasteiger partial charge < -0.3 is 10.5 Å². The van der Waals surface area contributed by atoms with Crippen LogP contribution in [0.1, 0.15) is 12.5 Å². The summed E-state index contributed by atoms with van der Waals surface area (Å²) >= 11 is 0. The topological polar surface area (TPSA) is 81.4 Å². The molecule has 6 heteroatoms. The predicted octanol–water partition coefficient (Wildman–Crippen LogP) is 1.36. The number of ether oxygens (including phenoxy) is 1. The van der Waals surface area contributed by atoms with Gasteiger partial charge in [-0.25, -0.2) is 8.42 Å². The lowest BCUT2D eigenvalue weighted by Gasteiger charge is -2.11. The van der Waals surface area contributed by atoms with E-state index in [2.05, 4.69) is 4.72 Å². The van der Waals surface area contributed by atoms with Crippen molar-refractivity contribution in [2.75, 3.05) is 29.4 Å². The largest absolute Gasteiger partial charge is 0.398 e. The van der Waals surface area contributed by atoms with Crippen LogP contribution in [0, 0.1) is 6.92 Å². The fourth-order valence-corrected chi connectivity index (χ4v) is 2.29. The van der Waals surface area contributed by atoms with Crippen LogP contribution >= 0.6 is 0 Å². The zero-order valence-electron chi connectivity index (χ0n) is 10.1. The molecule has 0 saturated carbocycles. The van der Waals surface area contributed by atoms with Crippen LogP contribution in [0.3, 0.4) is 0 Å². The highest BCUT2D eigenvalue weighted by Crippen LogP contribution is 2.21. The first kappa shape index (κ1) is 13.8. The molecule has 1 aromatic rings. The molecule has 0 spiro atoms. The van der Waals surface area contributed by atoms with Crippen molar-refractivity contribution in [3.05, 3.63) is 23.8 Å². The lowest BCUT2D eigenvalue weighted by atomic mass is 10.2. The molecule has 0 heterocycles. The monoisotopic (exact) mass is 258 g/mol. The van der Waals surface area contributed by atoms with E-state index in [0.29, 0.717) is 18.0 Å². The van der Waals surface area contributed by atoms with Crippen LogP contribution in [0.25, 0.3) is 0 Å². The quantitative estimate of drug-likeness (QED) is 0.596. The molecular weight excluding hydrogens is 240 g/mol. The first-order chi connectivity index (χ1) is 7.96. The predicted molar refractivity (Wildman–Crippen MR) is 69.5 cm³/mol. The third-order valence-corrected chi connectivity index (χ3v) is 3.58. The summed E-state index contributed by atoms with van der Waals surface area (Å²) in [6.45, 7) is 4.29. The van der Waals surface area contributed by atoms with E-state index < -0.39 is 10.0 Å². The van der Waals surface area contributed by atoms with E-state index in [-0.39, 0.29) is 12.4 Å². The van der Waals surface area contributed by atoms with Crippen LogP contribution in [0.2, 0.25) is 0 Å². The van der Waals surface area contributed by atoms with Gasteiger partial charge in [-0.15, -0.1) is 0 Å². The van der Waals surface area contributed by atoms with Crippen molar-refractivity contribution in [2.45, 2.75) is 13.8 Å². The third kappa shape index (κ3) is 4.24. The maximum atomic E-state index is 11.7. The molecular formula is C11H18N2O3S. The third-order valence-electron chi connectivity index (χ3n) is 2.34. The molecule has 0 aliphatic heterocycles. The number of hydrogen-bond donors (Lipinski definition) is 2. The fourth-order valence-electron chi connectivity index (χ4n) is 1.30. The van der Waals surface area contributed by atoms with Crippen molar-refractivity contribution < 1.29 is 13.2 Å². The van der Waals surface area contributed by atoms with Gasteiger partial charge >= 0.3 is 0 Å². The van der Waals surface area contributed by atoms with E-state index in [1.54, 1.807) is 25.1 Å². The fraction of sp³-hybridized carbons (Fsp3) is 0.455. The second-order valence-corrected chi connectivity index (χ2v) is 5.48. The highest BCUT2D eigenvalue weighted by molar-refractivity contribution is 7.92. The molecule has 0 aliphatic carbocycles. The van der Waals surface area contributed by atoms with Crippen molar-refractivity contribution in [1.29, 1.82) is 0 Å². The Labute approximate surface area is 102 Å². The van der Waals surface area contributed by atoms with Gasteiger partial charge in [0.2, 0.25) is 10.0 Å². The Morgan fingerprint density at radius 2 is 2.12 bits per heavy atom. The maximum absolute atomic E-state index is 11.7. The molecule has 0 unspecified atom stereocenters. The summed E-state index contributed by atoms with van der Waals surface area (Å²) in [7, 11) is -3.38. The molecule has 1 aromatic carbocycles. The van der Waals surface area contributed by atoms with Crippen molar-refractivity contribution >= 4 is 21.4 Å². The zero-order chi connectivity index (χ0) is 12.9. The highest BCUT2D eigenvalue weighted by atomic mass is 32.2. The molecule has 0 fully saturated rings. The Morgan fingerprint density at radius 3 is 2.76 bits per heavy atom. The number of benzene rings is 1. The number of anilines is 2. The molecule has 0 aliphatic rings. The summed E-state index contributed by atoms with van der Waals surface area (Å²) in [6, 6.07) is 5.12. The second-order valence-electron chi connectivity index (χ2n) is 3.64. The van der Waals surface area contributed by atoms with Gasteiger partial charge in [-0.05, 0) is 31.5 Å². The summed E-state index contributed by atoms with van der Waals surface area (Å²) in [6.07, 6.45) is 0. The van der Waals surface area contributed by atoms with E-state index in [4.69, 9.17) is 10.5 Å². The van der Waals surface area contributed by atoms with Gasteiger partial charge in [0, 0.05) is 12.3 Å². The van der Waals surface area contributed by atoms with Crippen molar-refractivity contribution in [2.24, 2.45) is 0 Å². The number of hydrogen-bond acceptors (Lipinski definition) is 4. The van der Waals surface area contributed by atoms with E-state index >= 15 is 0 Å². The smallest absolute Gasteiger partial charge is 0.235 e. The SMILES string of the molecule is CCOCCS(=O)(=O)Nc1cccc(N)c1C. The summed E-state index contributed by atoms with van der Waals surface area (Å²) in [5.74, 6) is -0.0604. The number of sulfonamides is 1. The summed E-state index contributed by atoms with van der Waals surface area (Å²) in [5, 5.41) is 0. The van der Waals surface area contributed by atoms with Crippen molar-refractivity contribution in [1.82, 2.24) is 0 Å². The van der Waals surface area contributed by atoms with Crippen LogP contribution in [0.15, 0.2) is 18.2 Å². The van der Waals surface area contributed by atoms with E-state index in [9.17, 15) is 8.42 Å². The lowest BCUT2D eigenvalue weighted by Crippen LogP contribution is -2.20. The molecule has 0 radical (unpaired) electrons. The van der Waals surface area contributed by atoms with Crippen molar-refractivity contribution in [3.8, 4) is 0 Å². The average Bonchev–Trinajstić information content (AvgIpc) is 2.25. The van der Waals surface area contributed by atoms with Crippen LogP contribution in [-0.2, 0) is 14.8 Å². The van der Waals surface area contributed by atoms with Crippen molar-refractivity contribution in [3.63, 3.8) is 0 Å².